The predicted molar refractivity (Wildman–Crippen MR) is 147 cm³/mol. The molecule has 0 aliphatic carbocycles. The summed E-state index contributed by atoms with van der Waals surface area (Å²) in [5.74, 6) is -1.16. The van der Waals surface area contributed by atoms with Gasteiger partial charge in [0.1, 0.15) is 29.0 Å². The van der Waals surface area contributed by atoms with Crippen LogP contribution in [0.5, 0.6) is 11.5 Å². The highest BCUT2D eigenvalue weighted by Gasteiger charge is 2.60. The lowest BCUT2D eigenvalue weighted by molar-refractivity contribution is -0.173. The molecule has 2 saturated heterocycles. The Bertz CT molecular complexity index is 1250. The third-order valence-electron chi connectivity index (χ3n) is 7.46. The van der Waals surface area contributed by atoms with Crippen LogP contribution in [-0.4, -0.2) is 97.0 Å². The number of hydrogen-bond acceptors (Lipinski definition) is 8. The lowest BCUT2D eigenvalue weighted by Crippen LogP contribution is -2.74. The number of nitrogens with zero attached hydrogens (tertiary/aromatic N) is 2. The van der Waals surface area contributed by atoms with Crippen LogP contribution < -0.4 is 25.8 Å². The van der Waals surface area contributed by atoms with Crippen LogP contribution in [0.3, 0.4) is 0 Å². The molecule has 0 spiro atoms. The Balaban J connectivity index is 2.00. The first kappa shape index (κ1) is 28.8. The number of nitrogens with one attached hydrogen (secondary N) is 3. The molecule has 2 aromatic carbocycles. The van der Waals surface area contributed by atoms with E-state index in [1.165, 1.54) is 12.0 Å². The van der Waals surface area contributed by atoms with E-state index in [9.17, 15) is 19.5 Å². The Morgan fingerprint density at radius 3 is 2.33 bits per heavy atom. The number of carbonyl (C=O) groups excluding carboxylic acids is 2. The number of rotatable bonds is 11. The topological polar surface area (TPSA) is 170 Å². The van der Waals surface area contributed by atoms with Crippen LogP contribution in [-0.2, 0) is 19.9 Å². The van der Waals surface area contributed by atoms with Crippen LogP contribution in [0.2, 0.25) is 0 Å². The second kappa shape index (κ2) is 12.3. The fourth-order valence-corrected chi connectivity index (χ4v) is 5.68. The predicted octanol–water partition coefficient (Wildman–Crippen LogP) is 0.349. The van der Waals surface area contributed by atoms with Crippen molar-refractivity contribution in [3.05, 3.63) is 59.7 Å². The van der Waals surface area contributed by atoms with E-state index >= 15 is 0 Å². The van der Waals surface area contributed by atoms with Crippen molar-refractivity contribution in [2.75, 3.05) is 46.4 Å². The van der Waals surface area contributed by atoms with Gasteiger partial charge < -0.3 is 40.7 Å². The maximum Gasteiger partial charge on any atom is 0.329 e. The summed E-state index contributed by atoms with van der Waals surface area (Å²) < 4.78 is 12.1. The van der Waals surface area contributed by atoms with Crippen LogP contribution in [0.15, 0.2) is 48.5 Å². The molecule has 0 radical (unpaired) electrons. The minimum absolute atomic E-state index is 0.0112. The molecule has 0 aromatic heterocycles. The summed E-state index contributed by atoms with van der Waals surface area (Å²) in [7, 11) is 1.51. The lowest BCUT2D eigenvalue weighted by atomic mass is 9.73. The molecule has 12 heteroatoms. The maximum absolute atomic E-state index is 13.7. The van der Waals surface area contributed by atoms with Gasteiger partial charge >= 0.3 is 5.97 Å². The van der Waals surface area contributed by atoms with E-state index in [0.717, 1.165) is 0 Å². The van der Waals surface area contributed by atoms with Gasteiger partial charge in [-0.25, -0.2) is 4.79 Å². The second-order valence-electron chi connectivity index (χ2n) is 9.74. The highest BCUT2D eigenvalue weighted by Crippen LogP contribution is 2.43. The SMILES string of the molecule is CCC(Oc1ccc(C(=N)N)cc1)C(c1cccc(OC)c1)(C(C(=O)O)N1CCNCC1=O)N1CCNCC1=O. The third-order valence-corrected chi connectivity index (χ3v) is 7.46. The number of methoxy groups -OCH3 is 1. The number of nitrogens with two attached hydrogens (primary N) is 1. The lowest BCUT2D eigenvalue weighted by Gasteiger charge is -2.55. The fourth-order valence-electron chi connectivity index (χ4n) is 5.68. The van der Waals surface area contributed by atoms with Gasteiger partial charge in [0.05, 0.1) is 20.2 Å². The van der Waals surface area contributed by atoms with Crippen molar-refractivity contribution in [3.63, 3.8) is 0 Å². The molecule has 0 bridgehead atoms. The van der Waals surface area contributed by atoms with Gasteiger partial charge in [-0.2, -0.15) is 0 Å². The molecule has 0 saturated carbocycles. The van der Waals surface area contributed by atoms with E-state index in [4.69, 9.17) is 20.6 Å². The summed E-state index contributed by atoms with van der Waals surface area (Å²) in [5, 5.41) is 24.7. The summed E-state index contributed by atoms with van der Waals surface area (Å²) in [5.41, 5.74) is 4.97. The van der Waals surface area contributed by atoms with Crippen LogP contribution in [0.25, 0.3) is 0 Å². The van der Waals surface area contributed by atoms with E-state index in [2.05, 4.69) is 10.6 Å². The normalized spacial score (nSPS) is 18.9. The molecule has 6 N–H and O–H groups in total. The van der Waals surface area contributed by atoms with Crippen molar-refractivity contribution >= 4 is 23.6 Å². The fraction of sp³-hybridized carbons (Fsp3) is 0.429. The molecular formula is C28H36N6O6. The van der Waals surface area contributed by atoms with Gasteiger partial charge in [-0.05, 0) is 48.4 Å². The van der Waals surface area contributed by atoms with Crippen LogP contribution in [0.1, 0.15) is 24.5 Å². The first-order chi connectivity index (χ1) is 19.2. The van der Waals surface area contributed by atoms with Crippen molar-refractivity contribution in [3.8, 4) is 11.5 Å². The Morgan fingerprint density at radius 2 is 1.75 bits per heavy atom. The number of amidine groups is 1. The molecule has 12 nitrogen and oxygen atoms in total. The number of hydrogen-bond donors (Lipinski definition) is 5. The monoisotopic (exact) mass is 552 g/mol. The quantitative estimate of drug-likeness (QED) is 0.195. The van der Waals surface area contributed by atoms with Gasteiger partial charge in [0, 0.05) is 31.7 Å². The number of carbonyl (C=O) groups is 3. The molecule has 2 aliphatic rings. The Hall–Kier alpha value is -4.16. The number of benzene rings is 2. The number of aliphatic carboxylic acids is 1. The zero-order chi connectivity index (χ0) is 28.9. The minimum atomic E-state index is -1.64. The summed E-state index contributed by atoms with van der Waals surface area (Å²) in [6.45, 7) is 3.03. The molecule has 3 unspecified atom stereocenters. The Morgan fingerprint density at radius 1 is 1.07 bits per heavy atom. The van der Waals surface area contributed by atoms with E-state index in [1.807, 2.05) is 6.92 Å². The molecular weight excluding hydrogens is 516 g/mol. The van der Waals surface area contributed by atoms with Crippen molar-refractivity contribution in [1.82, 2.24) is 20.4 Å². The third kappa shape index (κ3) is 5.45. The van der Waals surface area contributed by atoms with Gasteiger partial charge in [0.15, 0.2) is 6.04 Å². The zero-order valence-electron chi connectivity index (χ0n) is 22.7. The van der Waals surface area contributed by atoms with E-state index in [0.29, 0.717) is 42.1 Å². The number of nitrogen functional groups attached to an aromatic ring is 1. The van der Waals surface area contributed by atoms with Crippen LogP contribution in [0, 0.1) is 5.41 Å². The Kier molecular flexibility index (Phi) is 8.90. The van der Waals surface area contributed by atoms with Gasteiger partial charge in [0.25, 0.3) is 0 Å². The molecule has 2 heterocycles. The summed E-state index contributed by atoms with van der Waals surface area (Å²) in [6, 6.07) is 12.1. The summed E-state index contributed by atoms with van der Waals surface area (Å²) in [4.78, 5) is 43.2. The van der Waals surface area contributed by atoms with E-state index in [1.54, 1.807) is 53.4 Å². The highest BCUT2D eigenvalue weighted by molar-refractivity contribution is 5.95. The minimum Gasteiger partial charge on any atom is -0.497 e. The van der Waals surface area contributed by atoms with Gasteiger partial charge in [0.2, 0.25) is 11.8 Å². The van der Waals surface area contributed by atoms with Crippen molar-refractivity contribution in [2.24, 2.45) is 5.73 Å². The average Bonchev–Trinajstić information content (AvgIpc) is 2.96. The number of carboxylic acids is 1. The number of piperazine rings is 2. The van der Waals surface area contributed by atoms with Crippen molar-refractivity contribution < 1.29 is 29.0 Å². The number of amides is 2. The van der Waals surface area contributed by atoms with Crippen molar-refractivity contribution in [1.29, 1.82) is 5.41 Å². The largest absolute Gasteiger partial charge is 0.497 e. The standard InChI is InChI=1S/C28H36N6O6/c1-3-22(40-20-9-7-18(8-10-20)26(29)30)28(34-14-12-32-17-24(34)36,19-5-4-6-21(15-19)39-2)25(27(37)38)33-13-11-31-16-23(33)35/h4-10,15,22,25,31-32H,3,11-14,16-17H2,1-2H3,(H3,29,30)(H,37,38). The number of ether oxygens (including phenoxy) is 2. The first-order valence-corrected chi connectivity index (χ1v) is 13.2. The van der Waals surface area contributed by atoms with Gasteiger partial charge in [-0.15, -0.1) is 0 Å². The molecule has 214 valence electrons. The average molecular weight is 553 g/mol. The number of carboxylic acid groups (broad SMARTS) is 1. The second-order valence-corrected chi connectivity index (χ2v) is 9.74. The first-order valence-electron chi connectivity index (χ1n) is 13.2. The van der Waals surface area contributed by atoms with Crippen molar-refractivity contribution in [2.45, 2.75) is 31.0 Å². The molecule has 2 amide bonds. The zero-order valence-corrected chi connectivity index (χ0v) is 22.7. The molecule has 2 fully saturated rings. The molecule has 2 aliphatic heterocycles. The molecule has 2 aromatic rings. The van der Waals surface area contributed by atoms with Crippen LogP contribution in [0.4, 0.5) is 0 Å². The van der Waals surface area contributed by atoms with E-state index in [-0.39, 0.29) is 43.8 Å². The highest BCUT2D eigenvalue weighted by atomic mass is 16.5. The molecule has 3 atom stereocenters. The van der Waals surface area contributed by atoms with Gasteiger partial charge in [-0.1, -0.05) is 19.1 Å². The van der Waals surface area contributed by atoms with Gasteiger partial charge in [-0.3, -0.25) is 15.0 Å². The van der Waals surface area contributed by atoms with E-state index < -0.39 is 23.7 Å². The Labute approximate surface area is 232 Å². The summed E-state index contributed by atoms with van der Waals surface area (Å²) >= 11 is 0. The smallest absolute Gasteiger partial charge is 0.329 e. The maximum atomic E-state index is 13.7. The summed E-state index contributed by atoms with van der Waals surface area (Å²) in [6.07, 6.45) is -0.610. The van der Waals surface area contributed by atoms with Crippen LogP contribution >= 0.6 is 0 Å². The molecule has 4 rings (SSSR count). The molecule has 40 heavy (non-hydrogen) atoms.